The number of hydrogen-bond donors (Lipinski definition) is 1. The van der Waals surface area contributed by atoms with Crippen LogP contribution in [0.5, 0.6) is 5.75 Å². The summed E-state index contributed by atoms with van der Waals surface area (Å²) in [7, 11) is 0. The second kappa shape index (κ2) is 6.11. The maximum absolute atomic E-state index is 5.51. The zero-order chi connectivity index (χ0) is 12.8. The first-order chi connectivity index (χ1) is 8.81. The van der Waals surface area contributed by atoms with Gasteiger partial charge in [0.15, 0.2) is 5.82 Å². The molecule has 0 aliphatic carbocycles. The van der Waals surface area contributed by atoms with Crippen molar-refractivity contribution in [2.45, 2.75) is 26.4 Å². The Morgan fingerprint density at radius 2 is 2.06 bits per heavy atom. The topological polar surface area (TPSA) is 78.8 Å². The first-order valence-corrected chi connectivity index (χ1v) is 6.00. The molecule has 1 heterocycles. The van der Waals surface area contributed by atoms with Crippen LogP contribution >= 0.6 is 0 Å². The Hall–Kier alpha value is -1.95. The lowest BCUT2D eigenvalue weighted by molar-refractivity contribution is 0.317. The van der Waals surface area contributed by atoms with Gasteiger partial charge in [0.2, 0.25) is 0 Å². The van der Waals surface area contributed by atoms with E-state index in [0.717, 1.165) is 24.3 Å². The number of nitrogens with zero attached hydrogens (tertiary/aromatic N) is 4. The molecule has 0 aliphatic rings. The first-order valence-electron chi connectivity index (χ1n) is 6.00. The number of aromatic nitrogens is 4. The van der Waals surface area contributed by atoms with Crippen LogP contribution < -0.4 is 10.5 Å². The molecular formula is C12H17N5O. The van der Waals surface area contributed by atoms with E-state index >= 15 is 0 Å². The van der Waals surface area contributed by atoms with Crippen molar-refractivity contribution < 1.29 is 4.74 Å². The SMILES string of the molecule is CCCOc1ccc(Cn2nnc(CN)n2)cc1. The molecule has 0 radical (unpaired) electrons. The molecule has 96 valence electrons. The number of nitrogens with two attached hydrogens (primary N) is 1. The van der Waals surface area contributed by atoms with E-state index in [-0.39, 0.29) is 0 Å². The van der Waals surface area contributed by atoms with Gasteiger partial charge in [0.25, 0.3) is 0 Å². The fourth-order valence-electron chi connectivity index (χ4n) is 1.50. The minimum atomic E-state index is 0.309. The van der Waals surface area contributed by atoms with Gasteiger partial charge >= 0.3 is 0 Å². The van der Waals surface area contributed by atoms with E-state index in [1.807, 2.05) is 24.3 Å². The van der Waals surface area contributed by atoms with Crippen LogP contribution in [0, 0.1) is 0 Å². The van der Waals surface area contributed by atoms with Crippen LogP contribution in [-0.2, 0) is 13.1 Å². The van der Waals surface area contributed by atoms with Gasteiger partial charge in [-0.15, -0.1) is 10.2 Å². The molecule has 0 atom stereocenters. The van der Waals surface area contributed by atoms with Gasteiger partial charge < -0.3 is 10.5 Å². The van der Waals surface area contributed by atoms with Gasteiger partial charge in [-0.3, -0.25) is 0 Å². The highest BCUT2D eigenvalue weighted by Crippen LogP contribution is 2.12. The van der Waals surface area contributed by atoms with Crippen molar-refractivity contribution in [3.05, 3.63) is 35.7 Å². The fraction of sp³-hybridized carbons (Fsp3) is 0.417. The van der Waals surface area contributed by atoms with Gasteiger partial charge in [-0.2, -0.15) is 4.80 Å². The maximum atomic E-state index is 5.51. The predicted molar refractivity (Wildman–Crippen MR) is 67.0 cm³/mol. The normalized spacial score (nSPS) is 10.6. The average molecular weight is 247 g/mol. The Morgan fingerprint density at radius 3 is 2.67 bits per heavy atom. The number of rotatable bonds is 6. The van der Waals surface area contributed by atoms with Crippen molar-refractivity contribution in [3.63, 3.8) is 0 Å². The summed E-state index contributed by atoms with van der Waals surface area (Å²) in [5.74, 6) is 1.44. The molecule has 1 aromatic carbocycles. The minimum absolute atomic E-state index is 0.309. The van der Waals surface area contributed by atoms with Gasteiger partial charge in [-0.25, -0.2) is 0 Å². The predicted octanol–water partition coefficient (Wildman–Crippen LogP) is 0.969. The van der Waals surface area contributed by atoms with Gasteiger partial charge in [-0.1, -0.05) is 19.1 Å². The lowest BCUT2D eigenvalue weighted by Crippen LogP contribution is -2.05. The molecule has 6 nitrogen and oxygen atoms in total. The van der Waals surface area contributed by atoms with Gasteiger partial charge in [0.05, 0.1) is 19.7 Å². The van der Waals surface area contributed by atoms with E-state index in [0.29, 0.717) is 18.9 Å². The van der Waals surface area contributed by atoms with Crippen molar-refractivity contribution in [1.82, 2.24) is 20.2 Å². The van der Waals surface area contributed by atoms with Crippen molar-refractivity contribution in [1.29, 1.82) is 0 Å². The highest BCUT2D eigenvalue weighted by atomic mass is 16.5. The Balaban J connectivity index is 1.97. The molecule has 0 amide bonds. The number of hydrogen-bond acceptors (Lipinski definition) is 5. The summed E-state index contributed by atoms with van der Waals surface area (Å²) in [5, 5.41) is 11.9. The summed E-state index contributed by atoms with van der Waals surface area (Å²) >= 11 is 0. The maximum Gasteiger partial charge on any atom is 0.188 e. The molecule has 0 saturated heterocycles. The third-order valence-corrected chi connectivity index (χ3v) is 2.40. The number of tetrazole rings is 1. The van der Waals surface area contributed by atoms with Crippen molar-refractivity contribution in [2.75, 3.05) is 6.61 Å². The molecule has 2 aromatic rings. The minimum Gasteiger partial charge on any atom is -0.494 e. The molecule has 2 N–H and O–H groups in total. The average Bonchev–Trinajstić information content (AvgIpc) is 2.86. The molecule has 0 aliphatic heterocycles. The third kappa shape index (κ3) is 3.27. The molecule has 0 unspecified atom stereocenters. The van der Waals surface area contributed by atoms with E-state index in [1.165, 1.54) is 4.80 Å². The monoisotopic (exact) mass is 247 g/mol. The molecule has 18 heavy (non-hydrogen) atoms. The van der Waals surface area contributed by atoms with E-state index in [2.05, 4.69) is 22.3 Å². The van der Waals surface area contributed by atoms with Gasteiger partial charge in [0.1, 0.15) is 5.75 Å². The molecule has 0 fully saturated rings. The zero-order valence-corrected chi connectivity index (χ0v) is 10.4. The van der Waals surface area contributed by atoms with Crippen molar-refractivity contribution in [2.24, 2.45) is 5.73 Å². The van der Waals surface area contributed by atoms with Crippen LogP contribution in [0.2, 0.25) is 0 Å². The summed E-state index contributed by atoms with van der Waals surface area (Å²) in [5.41, 5.74) is 6.53. The summed E-state index contributed by atoms with van der Waals surface area (Å²) in [6.45, 7) is 3.72. The number of ether oxygens (including phenoxy) is 1. The van der Waals surface area contributed by atoms with E-state index in [1.54, 1.807) is 0 Å². The molecule has 2 rings (SSSR count). The van der Waals surface area contributed by atoms with Crippen LogP contribution in [0.4, 0.5) is 0 Å². The molecule has 0 spiro atoms. The fourth-order valence-corrected chi connectivity index (χ4v) is 1.50. The Labute approximate surface area is 106 Å². The quantitative estimate of drug-likeness (QED) is 0.822. The van der Waals surface area contributed by atoms with Crippen molar-refractivity contribution >= 4 is 0 Å². The second-order valence-electron chi connectivity index (χ2n) is 3.93. The molecule has 1 aromatic heterocycles. The Bertz CT molecular complexity index is 479. The number of benzene rings is 1. The Kier molecular flexibility index (Phi) is 4.25. The third-order valence-electron chi connectivity index (χ3n) is 2.40. The zero-order valence-electron chi connectivity index (χ0n) is 10.4. The molecule has 0 bridgehead atoms. The standard InChI is InChI=1S/C12H17N5O/c1-2-7-18-11-5-3-10(4-6-11)9-17-15-12(8-13)14-16-17/h3-6H,2,7-9,13H2,1H3. The lowest BCUT2D eigenvalue weighted by Gasteiger charge is -2.05. The van der Waals surface area contributed by atoms with Crippen LogP contribution in [0.25, 0.3) is 0 Å². The van der Waals surface area contributed by atoms with E-state index < -0.39 is 0 Å². The smallest absolute Gasteiger partial charge is 0.188 e. The highest BCUT2D eigenvalue weighted by Gasteiger charge is 2.02. The van der Waals surface area contributed by atoms with Gasteiger partial charge in [-0.05, 0) is 29.3 Å². The Morgan fingerprint density at radius 1 is 1.28 bits per heavy atom. The van der Waals surface area contributed by atoms with Gasteiger partial charge in [0, 0.05) is 0 Å². The second-order valence-corrected chi connectivity index (χ2v) is 3.93. The van der Waals surface area contributed by atoms with Crippen LogP contribution in [-0.4, -0.2) is 26.8 Å². The van der Waals surface area contributed by atoms with Crippen LogP contribution in [0.3, 0.4) is 0 Å². The summed E-state index contributed by atoms with van der Waals surface area (Å²) in [4.78, 5) is 1.53. The van der Waals surface area contributed by atoms with Crippen LogP contribution in [0.15, 0.2) is 24.3 Å². The highest BCUT2D eigenvalue weighted by molar-refractivity contribution is 5.27. The molecular weight excluding hydrogens is 230 g/mol. The van der Waals surface area contributed by atoms with Crippen LogP contribution in [0.1, 0.15) is 24.7 Å². The van der Waals surface area contributed by atoms with Crippen molar-refractivity contribution in [3.8, 4) is 5.75 Å². The summed E-state index contributed by atoms with van der Waals surface area (Å²) in [6, 6.07) is 7.89. The van der Waals surface area contributed by atoms with E-state index in [9.17, 15) is 0 Å². The first kappa shape index (κ1) is 12.5. The van der Waals surface area contributed by atoms with E-state index in [4.69, 9.17) is 10.5 Å². The molecule has 0 saturated carbocycles. The lowest BCUT2D eigenvalue weighted by atomic mass is 10.2. The summed E-state index contributed by atoms with van der Waals surface area (Å²) < 4.78 is 5.51. The molecule has 6 heteroatoms. The summed E-state index contributed by atoms with van der Waals surface area (Å²) in [6.07, 6.45) is 1.01. The largest absolute Gasteiger partial charge is 0.494 e.